The zero-order valence-corrected chi connectivity index (χ0v) is 13.6. The van der Waals surface area contributed by atoms with Crippen LogP contribution in [0.15, 0.2) is 58.1 Å². The number of aromatic nitrogens is 2. The number of hydrogen-bond donors (Lipinski definition) is 1. The molecule has 0 aliphatic heterocycles. The lowest BCUT2D eigenvalue weighted by molar-refractivity contribution is -0.122. The maximum absolute atomic E-state index is 12.3. The second kappa shape index (κ2) is 7.12. The molecular weight excluding hydrogens is 322 g/mol. The molecule has 2 heterocycles. The predicted octanol–water partition coefficient (Wildman–Crippen LogP) is 1.77. The molecule has 0 aliphatic carbocycles. The van der Waals surface area contributed by atoms with E-state index in [1.807, 2.05) is 6.07 Å². The topological polar surface area (TPSA) is 94.2 Å². The van der Waals surface area contributed by atoms with Crippen LogP contribution in [0.2, 0.25) is 0 Å². The fourth-order valence-corrected chi connectivity index (χ4v) is 2.61. The summed E-state index contributed by atoms with van der Waals surface area (Å²) in [7, 11) is 0. The highest BCUT2D eigenvalue weighted by Crippen LogP contribution is 2.09. The highest BCUT2D eigenvalue weighted by molar-refractivity contribution is 5.94. The number of ketones is 1. The number of benzene rings is 1. The van der Waals surface area contributed by atoms with Gasteiger partial charge in [0.25, 0.3) is 5.56 Å². The second-order valence-electron chi connectivity index (χ2n) is 5.74. The van der Waals surface area contributed by atoms with Crippen LogP contribution in [-0.2, 0) is 11.3 Å². The summed E-state index contributed by atoms with van der Waals surface area (Å²) in [6, 6.07) is 9.94. The molecule has 0 aliphatic rings. The van der Waals surface area contributed by atoms with Crippen molar-refractivity contribution in [1.29, 1.82) is 0 Å². The number of nitrogens with one attached hydrogen (secondary N) is 1. The molecule has 3 aromatic rings. The molecule has 0 fully saturated rings. The number of amides is 1. The average molecular weight is 339 g/mol. The normalized spacial score (nSPS) is 12.0. The molecule has 0 bridgehead atoms. The van der Waals surface area contributed by atoms with Crippen molar-refractivity contribution in [1.82, 2.24) is 14.9 Å². The molecule has 0 saturated carbocycles. The minimum Gasteiger partial charge on any atom is -0.461 e. The van der Waals surface area contributed by atoms with Gasteiger partial charge in [0.15, 0.2) is 11.5 Å². The van der Waals surface area contributed by atoms with Gasteiger partial charge in [-0.2, -0.15) is 0 Å². The van der Waals surface area contributed by atoms with Crippen LogP contribution in [0.1, 0.15) is 23.9 Å². The predicted molar refractivity (Wildman–Crippen MR) is 91.3 cm³/mol. The molecule has 0 radical (unpaired) electrons. The van der Waals surface area contributed by atoms with Crippen molar-refractivity contribution in [3.05, 3.63) is 65.0 Å². The van der Waals surface area contributed by atoms with Gasteiger partial charge in [0.2, 0.25) is 5.91 Å². The molecule has 0 spiro atoms. The number of hydrogen-bond acceptors (Lipinski definition) is 5. The average Bonchev–Trinajstić information content (AvgIpc) is 3.12. The highest BCUT2D eigenvalue weighted by atomic mass is 16.3. The quantitative estimate of drug-likeness (QED) is 0.691. The molecule has 1 aromatic carbocycles. The van der Waals surface area contributed by atoms with E-state index < -0.39 is 0 Å². The van der Waals surface area contributed by atoms with Crippen LogP contribution in [0.25, 0.3) is 11.0 Å². The van der Waals surface area contributed by atoms with Crippen LogP contribution in [-0.4, -0.2) is 27.3 Å². The fourth-order valence-electron chi connectivity index (χ4n) is 2.61. The van der Waals surface area contributed by atoms with E-state index in [1.165, 1.54) is 17.0 Å². The van der Waals surface area contributed by atoms with Crippen LogP contribution >= 0.6 is 0 Å². The Hall–Kier alpha value is -3.22. The van der Waals surface area contributed by atoms with Gasteiger partial charge in [0.1, 0.15) is 6.54 Å². The van der Waals surface area contributed by atoms with E-state index in [4.69, 9.17) is 4.42 Å². The Morgan fingerprint density at radius 2 is 2.04 bits per heavy atom. The standard InChI is InChI=1S/C18H17N3O4/c1-12(9-15(22)16-7-4-8-25-16)20-17(23)11-21-14-6-3-2-5-13(14)19-10-18(21)24/h2-8,10,12H,9,11H2,1H3,(H,20,23)/t12-/m1/s1. The molecule has 1 N–H and O–H groups in total. The van der Waals surface area contributed by atoms with Crippen LogP contribution < -0.4 is 10.9 Å². The van der Waals surface area contributed by atoms with Gasteiger partial charge in [-0.3, -0.25) is 19.0 Å². The number of carbonyl (C=O) groups excluding carboxylic acids is 2. The Morgan fingerprint density at radius 1 is 1.24 bits per heavy atom. The molecule has 7 nitrogen and oxygen atoms in total. The lowest BCUT2D eigenvalue weighted by Gasteiger charge is -2.14. The molecule has 1 amide bonds. The van der Waals surface area contributed by atoms with E-state index in [1.54, 1.807) is 37.3 Å². The zero-order chi connectivity index (χ0) is 17.8. The van der Waals surface area contributed by atoms with Crippen LogP contribution in [0.3, 0.4) is 0 Å². The summed E-state index contributed by atoms with van der Waals surface area (Å²) >= 11 is 0. The summed E-state index contributed by atoms with van der Waals surface area (Å²) in [6.07, 6.45) is 2.74. The van der Waals surface area contributed by atoms with Crippen LogP contribution in [0.4, 0.5) is 0 Å². The lowest BCUT2D eigenvalue weighted by Crippen LogP contribution is -2.38. The van der Waals surface area contributed by atoms with Crippen molar-refractivity contribution in [3.8, 4) is 0 Å². The first kappa shape index (κ1) is 16.6. The minimum atomic E-state index is -0.381. The maximum Gasteiger partial charge on any atom is 0.269 e. The van der Waals surface area contributed by atoms with Gasteiger partial charge in [-0.25, -0.2) is 4.98 Å². The Bertz CT molecular complexity index is 960. The third-order valence-corrected chi connectivity index (χ3v) is 3.75. The van der Waals surface area contributed by atoms with Gasteiger partial charge in [-0.1, -0.05) is 12.1 Å². The summed E-state index contributed by atoms with van der Waals surface area (Å²) in [5.74, 6) is -0.278. The molecule has 7 heteroatoms. The number of fused-ring (bicyclic) bond motifs is 1. The summed E-state index contributed by atoms with van der Waals surface area (Å²) in [6.45, 7) is 1.59. The zero-order valence-electron chi connectivity index (χ0n) is 13.6. The first-order valence-electron chi connectivity index (χ1n) is 7.85. The molecule has 0 saturated heterocycles. The number of nitrogens with zero attached hydrogens (tertiary/aromatic N) is 2. The maximum atomic E-state index is 12.3. The fraction of sp³-hybridized carbons (Fsp3) is 0.222. The van der Waals surface area contributed by atoms with E-state index in [0.717, 1.165) is 0 Å². The van der Waals surface area contributed by atoms with Crippen molar-refractivity contribution >= 4 is 22.7 Å². The van der Waals surface area contributed by atoms with E-state index in [0.29, 0.717) is 11.0 Å². The largest absolute Gasteiger partial charge is 0.461 e. The van der Waals surface area contributed by atoms with Gasteiger partial charge in [0, 0.05) is 12.5 Å². The van der Waals surface area contributed by atoms with Gasteiger partial charge < -0.3 is 9.73 Å². The number of furan rings is 1. The van der Waals surface area contributed by atoms with Crippen molar-refractivity contribution in [3.63, 3.8) is 0 Å². The molecule has 1 atom stereocenters. The highest BCUT2D eigenvalue weighted by Gasteiger charge is 2.16. The number of rotatable bonds is 6. The Balaban J connectivity index is 1.68. The second-order valence-corrected chi connectivity index (χ2v) is 5.74. The van der Waals surface area contributed by atoms with Crippen LogP contribution in [0, 0.1) is 0 Å². The smallest absolute Gasteiger partial charge is 0.269 e. The minimum absolute atomic E-state index is 0.116. The molecule has 2 aromatic heterocycles. The van der Waals surface area contributed by atoms with Gasteiger partial charge in [0.05, 0.1) is 23.5 Å². The molecule has 25 heavy (non-hydrogen) atoms. The van der Waals surface area contributed by atoms with E-state index in [-0.39, 0.29) is 42.0 Å². The SMILES string of the molecule is C[C@H](CC(=O)c1ccco1)NC(=O)Cn1c(=O)cnc2ccccc21. The van der Waals surface area contributed by atoms with E-state index in [9.17, 15) is 14.4 Å². The van der Waals surface area contributed by atoms with E-state index in [2.05, 4.69) is 10.3 Å². The Kier molecular flexibility index (Phi) is 4.74. The van der Waals surface area contributed by atoms with Crippen molar-refractivity contribution in [2.24, 2.45) is 0 Å². The molecule has 0 unspecified atom stereocenters. The van der Waals surface area contributed by atoms with Gasteiger partial charge in [-0.05, 0) is 31.2 Å². The first-order chi connectivity index (χ1) is 12.0. The van der Waals surface area contributed by atoms with E-state index >= 15 is 0 Å². The lowest BCUT2D eigenvalue weighted by atomic mass is 10.1. The summed E-state index contributed by atoms with van der Waals surface area (Å²) in [5.41, 5.74) is 0.869. The van der Waals surface area contributed by atoms with Crippen molar-refractivity contribution in [2.45, 2.75) is 25.9 Å². The monoisotopic (exact) mass is 339 g/mol. The summed E-state index contributed by atoms with van der Waals surface area (Å²) in [4.78, 5) is 40.3. The van der Waals surface area contributed by atoms with Gasteiger partial charge >= 0.3 is 0 Å². The Labute approximate surface area is 143 Å². The van der Waals surface area contributed by atoms with Gasteiger partial charge in [-0.15, -0.1) is 0 Å². The van der Waals surface area contributed by atoms with Crippen molar-refractivity contribution < 1.29 is 14.0 Å². The number of Topliss-reactive ketones (excluding diaryl/α,β-unsaturated/α-hetero) is 1. The van der Waals surface area contributed by atoms with Crippen LogP contribution in [0.5, 0.6) is 0 Å². The molecule has 3 rings (SSSR count). The summed E-state index contributed by atoms with van der Waals surface area (Å²) in [5, 5.41) is 2.73. The number of carbonyl (C=O) groups is 2. The number of para-hydroxylation sites is 2. The Morgan fingerprint density at radius 3 is 2.80 bits per heavy atom. The van der Waals surface area contributed by atoms with Crippen molar-refractivity contribution in [2.75, 3.05) is 0 Å². The summed E-state index contributed by atoms with van der Waals surface area (Å²) < 4.78 is 6.41. The first-order valence-corrected chi connectivity index (χ1v) is 7.85. The molecular formula is C18H17N3O4. The third-order valence-electron chi connectivity index (χ3n) is 3.75. The third kappa shape index (κ3) is 3.82. The molecule has 128 valence electrons.